The molecule has 11 heteroatoms. The van der Waals surface area contributed by atoms with Gasteiger partial charge in [-0.2, -0.15) is 4.98 Å². The van der Waals surface area contributed by atoms with Crippen LogP contribution in [-0.4, -0.2) is 43.8 Å². The van der Waals surface area contributed by atoms with E-state index in [2.05, 4.69) is 36.0 Å². The van der Waals surface area contributed by atoms with E-state index in [4.69, 9.17) is 16.1 Å². The SMILES string of the molecule is CCNC(=NCc1nnc2ccccn12)NCCc1nc(-c2cccc(Cl)c2)no1.I. The minimum atomic E-state index is 0. The molecule has 0 radical (unpaired) electrons. The van der Waals surface area contributed by atoms with Crippen LogP contribution in [0.5, 0.6) is 0 Å². The fourth-order valence-corrected chi connectivity index (χ4v) is 3.07. The van der Waals surface area contributed by atoms with Crippen molar-refractivity contribution in [1.29, 1.82) is 0 Å². The summed E-state index contributed by atoms with van der Waals surface area (Å²) >= 11 is 6.02. The number of pyridine rings is 1. The lowest BCUT2D eigenvalue weighted by molar-refractivity contribution is 0.378. The van der Waals surface area contributed by atoms with Crippen molar-refractivity contribution in [2.24, 2.45) is 4.99 Å². The number of nitrogens with zero attached hydrogens (tertiary/aromatic N) is 6. The molecular weight excluding hydrogens is 531 g/mol. The maximum absolute atomic E-state index is 6.02. The average molecular weight is 553 g/mol. The zero-order valence-corrected chi connectivity index (χ0v) is 19.9. The number of nitrogens with one attached hydrogen (secondary N) is 2. The molecule has 0 fully saturated rings. The highest BCUT2D eigenvalue weighted by Gasteiger charge is 2.09. The third-order valence-corrected chi connectivity index (χ3v) is 4.52. The number of guanidine groups is 1. The lowest BCUT2D eigenvalue weighted by atomic mass is 10.2. The summed E-state index contributed by atoms with van der Waals surface area (Å²) in [5, 5.41) is 19.5. The van der Waals surface area contributed by atoms with Crippen molar-refractivity contribution in [3.05, 3.63) is 65.4 Å². The molecule has 2 N–H and O–H groups in total. The van der Waals surface area contributed by atoms with Crippen LogP contribution in [0.3, 0.4) is 0 Å². The molecule has 1 aromatic carbocycles. The van der Waals surface area contributed by atoms with Crippen LogP contribution in [0.25, 0.3) is 17.0 Å². The van der Waals surface area contributed by atoms with Crippen LogP contribution in [-0.2, 0) is 13.0 Å². The number of hydrogen-bond acceptors (Lipinski definition) is 6. The minimum Gasteiger partial charge on any atom is -0.357 e. The third-order valence-electron chi connectivity index (χ3n) is 4.29. The molecule has 0 unspecified atom stereocenters. The molecule has 0 aliphatic rings. The van der Waals surface area contributed by atoms with Gasteiger partial charge >= 0.3 is 0 Å². The van der Waals surface area contributed by atoms with Crippen molar-refractivity contribution in [3.8, 4) is 11.4 Å². The average Bonchev–Trinajstić information content (AvgIpc) is 3.39. The Hall–Kier alpha value is -2.73. The number of rotatable bonds is 7. The van der Waals surface area contributed by atoms with Crippen LogP contribution in [0.1, 0.15) is 18.6 Å². The summed E-state index contributed by atoms with van der Waals surface area (Å²) in [4.78, 5) is 9.02. The molecule has 9 nitrogen and oxygen atoms in total. The van der Waals surface area contributed by atoms with Crippen molar-refractivity contribution in [3.63, 3.8) is 0 Å². The summed E-state index contributed by atoms with van der Waals surface area (Å²) in [6.07, 6.45) is 2.49. The standard InChI is InChI=1S/C20H21ClN8O.HI/c1-2-22-20(24-13-17-27-26-16-8-3-4-11-29(16)17)23-10-9-18-25-19(28-30-18)14-6-5-7-15(21)12-14;/h3-8,11-12H,2,9-10,13H2,1H3,(H2,22,23,24);1H. The van der Waals surface area contributed by atoms with Crippen LogP contribution in [0.2, 0.25) is 5.02 Å². The molecule has 3 heterocycles. The lowest BCUT2D eigenvalue weighted by Gasteiger charge is -2.09. The first kappa shape index (κ1) is 22.9. The quantitative estimate of drug-likeness (QED) is 0.206. The Kier molecular flexibility index (Phi) is 8.18. The van der Waals surface area contributed by atoms with Crippen molar-refractivity contribution in [1.82, 2.24) is 35.4 Å². The van der Waals surface area contributed by atoms with Gasteiger partial charge in [0.1, 0.15) is 6.54 Å². The Morgan fingerprint density at radius 3 is 2.90 bits per heavy atom. The highest BCUT2D eigenvalue weighted by Crippen LogP contribution is 2.19. The van der Waals surface area contributed by atoms with Gasteiger partial charge in [0.2, 0.25) is 11.7 Å². The Balaban J connectivity index is 0.00000272. The van der Waals surface area contributed by atoms with E-state index < -0.39 is 0 Å². The minimum absolute atomic E-state index is 0. The molecule has 0 atom stereocenters. The van der Waals surface area contributed by atoms with Gasteiger partial charge < -0.3 is 15.2 Å². The molecule has 0 bridgehead atoms. The van der Waals surface area contributed by atoms with E-state index in [0.29, 0.717) is 42.2 Å². The predicted octanol–water partition coefficient (Wildman–Crippen LogP) is 3.35. The molecule has 0 saturated carbocycles. The predicted molar refractivity (Wildman–Crippen MR) is 130 cm³/mol. The van der Waals surface area contributed by atoms with Gasteiger partial charge in [0.15, 0.2) is 17.4 Å². The maximum atomic E-state index is 6.02. The molecule has 0 saturated heterocycles. The van der Waals surface area contributed by atoms with Gasteiger partial charge in [-0.05, 0) is 31.2 Å². The third kappa shape index (κ3) is 5.91. The van der Waals surface area contributed by atoms with Gasteiger partial charge in [-0.1, -0.05) is 35.0 Å². The van der Waals surface area contributed by atoms with Crippen LogP contribution >= 0.6 is 35.6 Å². The van der Waals surface area contributed by atoms with E-state index in [1.54, 1.807) is 12.1 Å². The van der Waals surface area contributed by atoms with Gasteiger partial charge in [0.25, 0.3) is 0 Å². The molecule has 3 aromatic heterocycles. The van der Waals surface area contributed by atoms with E-state index in [0.717, 1.165) is 23.6 Å². The molecule has 31 heavy (non-hydrogen) atoms. The first-order valence-corrected chi connectivity index (χ1v) is 10.00. The van der Waals surface area contributed by atoms with Gasteiger partial charge in [-0.3, -0.25) is 4.40 Å². The Morgan fingerprint density at radius 2 is 2.06 bits per heavy atom. The fourth-order valence-electron chi connectivity index (χ4n) is 2.88. The number of aromatic nitrogens is 5. The number of halogens is 2. The second-order valence-electron chi connectivity index (χ2n) is 6.44. The van der Waals surface area contributed by atoms with E-state index in [9.17, 15) is 0 Å². The normalized spacial score (nSPS) is 11.4. The van der Waals surface area contributed by atoms with E-state index in [1.807, 2.05) is 47.9 Å². The highest BCUT2D eigenvalue weighted by atomic mass is 127. The second-order valence-corrected chi connectivity index (χ2v) is 6.88. The van der Waals surface area contributed by atoms with Gasteiger partial charge in [-0.15, -0.1) is 34.2 Å². The van der Waals surface area contributed by atoms with Crippen LogP contribution in [0.4, 0.5) is 0 Å². The van der Waals surface area contributed by atoms with E-state index in [-0.39, 0.29) is 24.0 Å². The monoisotopic (exact) mass is 552 g/mol. The number of aliphatic imine (C=N–C) groups is 1. The Morgan fingerprint density at radius 1 is 1.16 bits per heavy atom. The van der Waals surface area contributed by atoms with Crippen molar-refractivity contribution >= 4 is 47.2 Å². The Labute approximate surface area is 201 Å². The molecule has 0 amide bonds. The molecular formula is C20H22ClIN8O. The topological polar surface area (TPSA) is 106 Å². The zero-order chi connectivity index (χ0) is 20.8. The molecule has 4 rings (SSSR count). The zero-order valence-electron chi connectivity index (χ0n) is 16.8. The summed E-state index contributed by atoms with van der Waals surface area (Å²) in [5.74, 6) is 2.51. The maximum Gasteiger partial charge on any atom is 0.228 e. The molecule has 0 spiro atoms. The summed E-state index contributed by atoms with van der Waals surface area (Å²) in [7, 11) is 0. The van der Waals surface area contributed by atoms with Crippen LogP contribution in [0, 0.1) is 0 Å². The summed E-state index contributed by atoms with van der Waals surface area (Å²) in [5.41, 5.74) is 1.62. The first-order valence-electron chi connectivity index (χ1n) is 9.62. The fraction of sp³-hybridized carbons (Fsp3) is 0.250. The van der Waals surface area contributed by atoms with Crippen molar-refractivity contribution in [2.45, 2.75) is 19.9 Å². The summed E-state index contributed by atoms with van der Waals surface area (Å²) < 4.78 is 7.26. The molecule has 0 aliphatic heterocycles. The smallest absolute Gasteiger partial charge is 0.228 e. The van der Waals surface area contributed by atoms with Gasteiger partial charge in [0, 0.05) is 36.3 Å². The van der Waals surface area contributed by atoms with Crippen molar-refractivity contribution < 1.29 is 4.52 Å². The van der Waals surface area contributed by atoms with Crippen molar-refractivity contribution in [2.75, 3.05) is 13.1 Å². The number of fused-ring (bicyclic) bond motifs is 1. The first-order chi connectivity index (χ1) is 14.7. The van der Waals surface area contributed by atoms with E-state index in [1.165, 1.54) is 0 Å². The largest absolute Gasteiger partial charge is 0.357 e. The Bertz CT molecular complexity index is 1160. The summed E-state index contributed by atoms with van der Waals surface area (Å²) in [6.45, 7) is 3.74. The van der Waals surface area contributed by atoms with Gasteiger partial charge in [-0.25, -0.2) is 4.99 Å². The lowest BCUT2D eigenvalue weighted by Crippen LogP contribution is -2.38. The molecule has 4 aromatic rings. The number of hydrogen-bond donors (Lipinski definition) is 2. The second kappa shape index (κ2) is 11.0. The van der Waals surface area contributed by atoms with Gasteiger partial charge in [0.05, 0.1) is 0 Å². The highest BCUT2D eigenvalue weighted by molar-refractivity contribution is 14.0. The molecule has 162 valence electrons. The van der Waals surface area contributed by atoms with E-state index >= 15 is 0 Å². The van der Waals surface area contributed by atoms with Crippen LogP contribution in [0.15, 0.2) is 58.2 Å². The molecule has 0 aliphatic carbocycles. The van der Waals surface area contributed by atoms with Crippen LogP contribution < -0.4 is 10.6 Å². The number of benzene rings is 1. The summed E-state index contributed by atoms with van der Waals surface area (Å²) in [6, 6.07) is 13.1.